The highest BCUT2D eigenvalue weighted by Crippen LogP contribution is 2.18. The van der Waals surface area contributed by atoms with E-state index in [1.165, 1.54) is 11.7 Å². The third-order valence-corrected chi connectivity index (χ3v) is 5.28. The second kappa shape index (κ2) is 6.53. The summed E-state index contributed by atoms with van der Waals surface area (Å²) >= 11 is 1.17. The Morgan fingerprint density at radius 2 is 1.92 bits per heavy atom. The molecular weight excluding hydrogens is 338 g/mol. The van der Waals surface area contributed by atoms with Crippen molar-refractivity contribution in [3.8, 4) is 0 Å². The zero-order valence-corrected chi connectivity index (χ0v) is 15.0. The quantitative estimate of drug-likeness (QED) is 0.716. The van der Waals surface area contributed by atoms with Gasteiger partial charge in [0.05, 0.1) is 17.4 Å². The molecule has 1 fully saturated rings. The van der Waals surface area contributed by atoms with Crippen LogP contribution in [0.25, 0.3) is 11.0 Å². The topological polar surface area (TPSA) is 75.4 Å². The van der Waals surface area contributed by atoms with Gasteiger partial charge in [0.2, 0.25) is 0 Å². The Balaban J connectivity index is 1.40. The van der Waals surface area contributed by atoms with Gasteiger partial charge in [0, 0.05) is 43.9 Å². The Labute approximate surface area is 149 Å². The van der Waals surface area contributed by atoms with Crippen LogP contribution < -0.4 is 0 Å². The Kier molecular flexibility index (Phi) is 4.22. The van der Waals surface area contributed by atoms with Crippen LogP contribution in [0.1, 0.15) is 27.4 Å². The van der Waals surface area contributed by atoms with Gasteiger partial charge in [0.15, 0.2) is 0 Å². The summed E-state index contributed by atoms with van der Waals surface area (Å²) in [4.78, 5) is 17.0. The van der Waals surface area contributed by atoms with Crippen LogP contribution in [0.5, 0.6) is 0 Å². The highest BCUT2D eigenvalue weighted by molar-refractivity contribution is 7.00. The van der Waals surface area contributed by atoms with Crippen LogP contribution in [0.2, 0.25) is 0 Å². The molecule has 1 aromatic carbocycles. The highest BCUT2D eigenvalue weighted by Gasteiger charge is 2.24. The number of carbonyl (C=O) groups excluding carboxylic acids is 1. The molecule has 3 aromatic rings. The van der Waals surface area contributed by atoms with Crippen LogP contribution in [0.3, 0.4) is 0 Å². The van der Waals surface area contributed by atoms with Crippen molar-refractivity contribution in [1.29, 1.82) is 0 Å². The first-order valence-electron chi connectivity index (χ1n) is 8.27. The van der Waals surface area contributed by atoms with Gasteiger partial charge in [-0.05, 0) is 32.0 Å². The molecule has 2 aromatic heterocycles. The second-order valence-corrected chi connectivity index (χ2v) is 6.87. The fraction of sp³-hybridized carbons (Fsp3) is 0.412. The van der Waals surface area contributed by atoms with E-state index in [2.05, 4.69) is 18.8 Å². The molecule has 8 heteroatoms. The van der Waals surface area contributed by atoms with Crippen molar-refractivity contribution >= 4 is 28.7 Å². The van der Waals surface area contributed by atoms with Gasteiger partial charge in [-0.1, -0.05) is 5.16 Å². The van der Waals surface area contributed by atoms with Gasteiger partial charge in [-0.2, -0.15) is 8.75 Å². The monoisotopic (exact) mass is 357 g/mol. The van der Waals surface area contributed by atoms with Crippen LogP contribution in [-0.2, 0) is 6.54 Å². The molecule has 3 heterocycles. The third kappa shape index (κ3) is 3.14. The van der Waals surface area contributed by atoms with Crippen molar-refractivity contribution in [1.82, 2.24) is 23.7 Å². The first-order chi connectivity index (χ1) is 12.1. The van der Waals surface area contributed by atoms with Crippen molar-refractivity contribution in [3.05, 3.63) is 40.8 Å². The van der Waals surface area contributed by atoms with E-state index >= 15 is 0 Å². The van der Waals surface area contributed by atoms with E-state index in [1.54, 1.807) is 0 Å². The molecule has 0 radical (unpaired) electrons. The minimum Gasteiger partial charge on any atom is -0.361 e. The Bertz CT molecular complexity index is 891. The number of amides is 1. The molecule has 130 valence electrons. The summed E-state index contributed by atoms with van der Waals surface area (Å²) in [5.74, 6) is 0.938. The average molecular weight is 357 g/mol. The predicted octanol–water partition coefficient (Wildman–Crippen LogP) is 2.25. The summed E-state index contributed by atoms with van der Waals surface area (Å²) < 4.78 is 13.6. The number of aryl methyl sites for hydroxylation is 2. The number of rotatable bonds is 3. The molecule has 1 saturated heterocycles. The van der Waals surface area contributed by atoms with Gasteiger partial charge in [-0.25, -0.2) is 0 Å². The molecule has 0 atom stereocenters. The maximum atomic E-state index is 12.7. The Morgan fingerprint density at radius 3 is 2.64 bits per heavy atom. The number of aromatic nitrogens is 3. The fourth-order valence-corrected chi connectivity index (χ4v) is 3.68. The van der Waals surface area contributed by atoms with Gasteiger partial charge in [-0.15, -0.1) is 0 Å². The van der Waals surface area contributed by atoms with Gasteiger partial charge >= 0.3 is 0 Å². The molecule has 0 bridgehead atoms. The van der Waals surface area contributed by atoms with Crippen LogP contribution in [-0.4, -0.2) is 55.8 Å². The molecular formula is C17H19N5O2S. The first kappa shape index (κ1) is 16.2. The zero-order chi connectivity index (χ0) is 17.4. The maximum Gasteiger partial charge on any atom is 0.254 e. The van der Waals surface area contributed by atoms with Crippen LogP contribution in [0.15, 0.2) is 22.7 Å². The molecule has 0 spiro atoms. The molecule has 0 N–H and O–H groups in total. The summed E-state index contributed by atoms with van der Waals surface area (Å²) in [6.45, 7) is 7.85. The Hall–Kier alpha value is -2.32. The number of fused-ring (bicyclic) bond motifs is 1. The lowest BCUT2D eigenvalue weighted by atomic mass is 10.1. The van der Waals surface area contributed by atoms with E-state index < -0.39 is 0 Å². The van der Waals surface area contributed by atoms with Crippen LogP contribution in [0.4, 0.5) is 0 Å². The van der Waals surface area contributed by atoms with E-state index in [0.717, 1.165) is 60.8 Å². The predicted molar refractivity (Wildman–Crippen MR) is 94.6 cm³/mol. The van der Waals surface area contributed by atoms with E-state index in [0.29, 0.717) is 5.56 Å². The fourth-order valence-electron chi connectivity index (χ4n) is 3.16. The normalized spacial score (nSPS) is 15.8. The number of nitrogens with zero attached hydrogens (tertiary/aromatic N) is 5. The first-order valence-corrected chi connectivity index (χ1v) is 9.00. The molecule has 25 heavy (non-hydrogen) atoms. The molecule has 4 rings (SSSR count). The van der Waals surface area contributed by atoms with Crippen molar-refractivity contribution in [3.63, 3.8) is 0 Å². The third-order valence-electron chi connectivity index (χ3n) is 4.72. The van der Waals surface area contributed by atoms with Gasteiger partial charge in [0.1, 0.15) is 16.8 Å². The lowest BCUT2D eigenvalue weighted by Crippen LogP contribution is -2.48. The molecule has 1 aliphatic heterocycles. The number of benzene rings is 1. The molecule has 0 saturated carbocycles. The summed E-state index contributed by atoms with van der Waals surface area (Å²) in [6.07, 6.45) is 0. The average Bonchev–Trinajstić information content (AvgIpc) is 3.22. The van der Waals surface area contributed by atoms with Crippen molar-refractivity contribution < 1.29 is 9.32 Å². The molecule has 1 aliphatic rings. The van der Waals surface area contributed by atoms with Crippen molar-refractivity contribution in [2.45, 2.75) is 20.4 Å². The van der Waals surface area contributed by atoms with Gasteiger partial charge in [-0.3, -0.25) is 9.69 Å². The van der Waals surface area contributed by atoms with Crippen molar-refractivity contribution in [2.24, 2.45) is 0 Å². The number of carbonyl (C=O) groups is 1. The van der Waals surface area contributed by atoms with Gasteiger partial charge < -0.3 is 9.42 Å². The zero-order valence-electron chi connectivity index (χ0n) is 14.2. The maximum absolute atomic E-state index is 12.7. The summed E-state index contributed by atoms with van der Waals surface area (Å²) in [6, 6.07) is 5.53. The number of hydrogen-bond donors (Lipinski definition) is 0. The lowest BCUT2D eigenvalue weighted by molar-refractivity contribution is 0.0627. The molecule has 7 nitrogen and oxygen atoms in total. The van der Waals surface area contributed by atoms with Crippen LogP contribution in [0, 0.1) is 13.8 Å². The van der Waals surface area contributed by atoms with Gasteiger partial charge in [0.25, 0.3) is 5.91 Å². The highest BCUT2D eigenvalue weighted by atomic mass is 32.1. The smallest absolute Gasteiger partial charge is 0.254 e. The second-order valence-electron chi connectivity index (χ2n) is 6.34. The molecule has 0 unspecified atom stereocenters. The molecule has 0 aliphatic carbocycles. The number of piperazine rings is 1. The summed E-state index contributed by atoms with van der Waals surface area (Å²) in [5.41, 5.74) is 4.40. The SMILES string of the molecule is Cc1noc(C)c1CN1CCN(C(=O)c2ccc3nsnc3c2)CC1. The van der Waals surface area contributed by atoms with E-state index in [9.17, 15) is 4.79 Å². The molecule has 1 amide bonds. The lowest BCUT2D eigenvalue weighted by Gasteiger charge is -2.34. The number of hydrogen-bond acceptors (Lipinski definition) is 7. The van der Waals surface area contributed by atoms with E-state index in [4.69, 9.17) is 4.52 Å². The minimum absolute atomic E-state index is 0.0619. The van der Waals surface area contributed by atoms with E-state index in [1.807, 2.05) is 36.9 Å². The van der Waals surface area contributed by atoms with Crippen molar-refractivity contribution in [2.75, 3.05) is 26.2 Å². The Morgan fingerprint density at radius 1 is 1.16 bits per heavy atom. The standard InChI is InChI=1S/C17H19N5O2S/c1-11-14(12(2)24-18-11)10-21-5-7-22(8-6-21)17(23)13-3-4-15-16(9-13)20-25-19-15/h3-4,9H,5-8,10H2,1-2H3. The largest absolute Gasteiger partial charge is 0.361 e. The van der Waals surface area contributed by atoms with E-state index in [-0.39, 0.29) is 5.91 Å². The van der Waals surface area contributed by atoms with Crippen LogP contribution >= 0.6 is 11.7 Å². The summed E-state index contributed by atoms with van der Waals surface area (Å²) in [5, 5.41) is 4.01. The minimum atomic E-state index is 0.0619. The summed E-state index contributed by atoms with van der Waals surface area (Å²) in [7, 11) is 0.